The fraction of sp³-hybridized carbons (Fsp3) is 0.172. The molecule has 36 heavy (non-hydrogen) atoms. The molecule has 0 saturated carbocycles. The molecule has 3 aromatic carbocycles. The number of aryl methyl sites for hydroxylation is 3. The van der Waals surface area contributed by atoms with Crippen molar-refractivity contribution in [3.05, 3.63) is 110 Å². The Morgan fingerprint density at radius 2 is 1.50 bits per heavy atom. The standard InChI is InChI=1S/C29H25N3O4/c1-16-5-8-18(9-6-16)24-23-25(30(3)29(35)31(4)28(23)34)26-27(19-10-12-20(33)13-11-19)36-22-14-7-17(2)15-21(22)32(24)26/h5-15,27,33H,1-4H3/t27-/m0/s1. The van der Waals surface area contributed by atoms with E-state index in [-0.39, 0.29) is 11.3 Å². The van der Waals surface area contributed by atoms with Gasteiger partial charge in [0.15, 0.2) is 6.10 Å². The summed E-state index contributed by atoms with van der Waals surface area (Å²) in [5, 5.41) is 10.4. The third-order valence-corrected chi connectivity index (χ3v) is 6.98. The molecule has 1 atom stereocenters. The zero-order chi connectivity index (χ0) is 25.3. The Labute approximate surface area is 207 Å². The van der Waals surface area contributed by atoms with Crippen molar-refractivity contribution in [3.8, 4) is 28.4 Å². The molecule has 7 nitrogen and oxygen atoms in total. The van der Waals surface area contributed by atoms with E-state index in [2.05, 4.69) is 4.57 Å². The van der Waals surface area contributed by atoms with Crippen molar-refractivity contribution in [3.63, 3.8) is 0 Å². The van der Waals surface area contributed by atoms with Crippen LogP contribution in [0.25, 0.3) is 27.8 Å². The quantitative estimate of drug-likeness (QED) is 0.404. The highest BCUT2D eigenvalue weighted by molar-refractivity contribution is 5.98. The van der Waals surface area contributed by atoms with E-state index < -0.39 is 11.8 Å². The van der Waals surface area contributed by atoms with Crippen LogP contribution in [-0.2, 0) is 14.1 Å². The van der Waals surface area contributed by atoms with Gasteiger partial charge in [0.25, 0.3) is 5.56 Å². The smallest absolute Gasteiger partial charge is 0.331 e. The van der Waals surface area contributed by atoms with E-state index in [4.69, 9.17) is 4.74 Å². The fourth-order valence-corrected chi connectivity index (χ4v) is 5.13. The molecular formula is C29H25N3O4. The van der Waals surface area contributed by atoms with E-state index in [9.17, 15) is 14.7 Å². The van der Waals surface area contributed by atoms with E-state index in [0.29, 0.717) is 22.3 Å². The Bertz CT molecular complexity index is 1790. The molecule has 0 spiro atoms. The second-order valence-corrected chi connectivity index (χ2v) is 9.43. The average Bonchev–Trinajstić information content (AvgIpc) is 3.23. The third kappa shape index (κ3) is 3.05. The lowest BCUT2D eigenvalue weighted by Gasteiger charge is -2.30. The first kappa shape index (κ1) is 22.0. The number of hydrogen-bond donors (Lipinski definition) is 1. The van der Waals surface area contributed by atoms with Gasteiger partial charge in [0.2, 0.25) is 0 Å². The van der Waals surface area contributed by atoms with Crippen molar-refractivity contribution in [2.45, 2.75) is 20.0 Å². The maximum atomic E-state index is 13.7. The number of hydrogen-bond acceptors (Lipinski definition) is 4. The average molecular weight is 480 g/mol. The van der Waals surface area contributed by atoms with Gasteiger partial charge in [0.05, 0.1) is 28.0 Å². The highest BCUT2D eigenvalue weighted by Gasteiger charge is 2.36. The minimum Gasteiger partial charge on any atom is -0.508 e. The van der Waals surface area contributed by atoms with Gasteiger partial charge < -0.3 is 14.4 Å². The summed E-state index contributed by atoms with van der Waals surface area (Å²) in [6.07, 6.45) is -0.611. The predicted octanol–water partition coefficient (Wildman–Crippen LogP) is 4.50. The summed E-state index contributed by atoms with van der Waals surface area (Å²) in [6, 6.07) is 20.8. The molecule has 1 aliphatic rings. The molecule has 0 unspecified atom stereocenters. The lowest BCUT2D eigenvalue weighted by atomic mass is 10.0. The molecule has 0 radical (unpaired) electrons. The fourth-order valence-electron chi connectivity index (χ4n) is 5.13. The molecule has 3 heterocycles. The van der Waals surface area contributed by atoms with Crippen molar-refractivity contribution in [2.24, 2.45) is 14.1 Å². The first-order valence-electron chi connectivity index (χ1n) is 11.7. The Hall–Kier alpha value is -4.52. The lowest BCUT2D eigenvalue weighted by Crippen LogP contribution is -2.37. The van der Waals surface area contributed by atoms with Crippen molar-refractivity contribution in [1.82, 2.24) is 13.7 Å². The monoisotopic (exact) mass is 479 g/mol. The predicted molar refractivity (Wildman–Crippen MR) is 139 cm³/mol. The van der Waals surface area contributed by atoms with E-state index >= 15 is 0 Å². The molecule has 0 aliphatic carbocycles. The van der Waals surface area contributed by atoms with Crippen LogP contribution in [0.1, 0.15) is 28.5 Å². The van der Waals surface area contributed by atoms with Crippen molar-refractivity contribution < 1.29 is 9.84 Å². The summed E-state index contributed by atoms with van der Waals surface area (Å²) in [7, 11) is 3.19. The number of fused-ring (bicyclic) bond motifs is 5. The Balaban J connectivity index is 1.86. The van der Waals surface area contributed by atoms with Gasteiger partial charge >= 0.3 is 5.69 Å². The van der Waals surface area contributed by atoms with Crippen LogP contribution in [-0.4, -0.2) is 18.8 Å². The van der Waals surface area contributed by atoms with Crippen LogP contribution in [0.15, 0.2) is 76.3 Å². The number of benzene rings is 3. The summed E-state index contributed by atoms with van der Waals surface area (Å²) in [5.74, 6) is 0.814. The lowest BCUT2D eigenvalue weighted by molar-refractivity contribution is 0.229. The second kappa shape index (κ2) is 7.75. The zero-order valence-electron chi connectivity index (χ0n) is 20.4. The van der Waals surface area contributed by atoms with Crippen LogP contribution in [0.5, 0.6) is 11.5 Å². The summed E-state index contributed by atoms with van der Waals surface area (Å²) >= 11 is 0. The number of phenolic OH excluding ortho intramolecular Hbond substituents is 1. The van der Waals surface area contributed by atoms with E-state index in [0.717, 1.165) is 38.2 Å². The SMILES string of the molecule is Cc1ccc(-c2c3c(=O)n(C)c(=O)n(C)c3c3n2-c2cc(C)ccc2O[C@H]3c2ccc(O)cc2)cc1. The summed E-state index contributed by atoms with van der Waals surface area (Å²) < 4.78 is 11.3. The number of phenols is 1. The van der Waals surface area contributed by atoms with E-state index in [1.807, 2.05) is 56.3 Å². The number of nitrogens with zero attached hydrogens (tertiary/aromatic N) is 3. The van der Waals surface area contributed by atoms with E-state index in [1.54, 1.807) is 31.3 Å². The van der Waals surface area contributed by atoms with Crippen LogP contribution in [0.4, 0.5) is 0 Å². The van der Waals surface area contributed by atoms with Crippen LogP contribution in [0.2, 0.25) is 0 Å². The van der Waals surface area contributed by atoms with Gasteiger partial charge in [-0.05, 0) is 54.8 Å². The highest BCUT2D eigenvalue weighted by Crippen LogP contribution is 2.47. The van der Waals surface area contributed by atoms with Crippen molar-refractivity contribution >= 4 is 10.9 Å². The summed E-state index contributed by atoms with van der Waals surface area (Å²) in [5.41, 5.74) is 5.80. The highest BCUT2D eigenvalue weighted by atomic mass is 16.5. The maximum Gasteiger partial charge on any atom is 0.331 e. The Morgan fingerprint density at radius 3 is 2.19 bits per heavy atom. The maximum absolute atomic E-state index is 13.7. The van der Waals surface area contributed by atoms with Crippen LogP contribution in [0.3, 0.4) is 0 Å². The minimum atomic E-state index is -0.611. The van der Waals surface area contributed by atoms with Gasteiger partial charge in [0, 0.05) is 14.1 Å². The molecule has 6 rings (SSSR count). The molecule has 180 valence electrons. The summed E-state index contributed by atoms with van der Waals surface area (Å²) in [6.45, 7) is 4.03. The topological polar surface area (TPSA) is 78.4 Å². The van der Waals surface area contributed by atoms with Gasteiger partial charge in [0.1, 0.15) is 11.5 Å². The largest absolute Gasteiger partial charge is 0.508 e. The zero-order valence-corrected chi connectivity index (χ0v) is 20.4. The normalized spacial score (nSPS) is 14.4. The van der Waals surface area contributed by atoms with Crippen LogP contribution < -0.4 is 16.0 Å². The summed E-state index contributed by atoms with van der Waals surface area (Å²) in [4.78, 5) is 26.8. The number of aromatic nitrogens is 3. The molecule has 7 heteroatoms. The van der Waals surface area contributed by atoms with Crippen molar-refractivity contribution in [1.29, 1.82) is 0 Å². The second-order valence-electron chi connectivity index (χ2n) is 9.43. The van der Waals surface area contributed by atoms with Gasteiger partial charge in [-0.3, -0.25) is 13.9 Å². The molecule has 0 fully saturated rings. The van der Waals surface area contributed by atoms with E-state index in [1.165, 1.54) is 11.6 Å². The molecule has 0 bridgehead atoms. The molecular weight excluding hydrogens is 454 g/mol. The van der Waals surface area contributed by atoms with Crippen LogP contribution in [0, 0.1) is 13.8 Å². The Morgan fingerprint density at radius 1 is 0.833 bits per heavy atom. The van der Waals surface area contributed by atoms with Crippen LogP contribution >= 0.6 is 0 Å². The molecule has 5 aromatic rings. The van der Waals surface area contributed by atoms with Gasteiger partial charge in [-0.15, -0.1) is 0 Å². The van der Waals surface area contributed by atoms with Crippen molar-refractivity contribution in [2.75, 3.05) is 0 Å². The van der Waals surface area contributed by atoms with Gasteiger partial charge in [-0.2, -0.15) is 0 Å². The van der Waals surface area contributed by atoms with Gasteiger partial charge in [-0.25, -0.2) is 4.79 Å². The minimum absolute atomic E-state index is 0.146. The molecule has 0 amide bonds. The first-order valence-corrected chi connectivity index (χ1v) is 11.7. The molecule has 1 N–H and O–H groups in total. The third-order valence-electron chi connectivity index (χ3n) is 6.98. The number of aromatic hydroxyl groups is 1. The number of ether oxygens (including phenoxy) is 1. The first-order chi connectivity index (χ1) is 17.3. The Kier molecular flexibility index (Phi) is 4.73. The molecule has 1 aliphatic heterocycles. The number of rotatable bonds is 2. The molecule has 2 aromatic heterocycles. The molecule has 0 saturated heterocycles. The van der Waals surface area contributed by atoms with Gasteiger partial charge in [-0.1, -0.05) is 48.0 Å².